The third-order valence-corrected chi connectivity index (χ3v) is 6.13. The minimum Gasteiger partial charge on any atom is -0.492 e. The molecule has 0 bridgehead atoms. The summed E-state index contributed by atoms with van der Waals surface area (Å²) < 4.78 is 8.07. The third-order valence-electron chi connectivity index (χ3n) is 5.72. The number of nitrogens with one attached hydrogen (secondary N) is 1. The number of amides is 1. The lowest BCUT2D eigenvalue weighted by Crippen LogP contribution is -2.35. The molecule has 30 heavy (non-hydrogen) atoms. The quantitative estimate of drug-likeness (QED) is 0.572. The molecule has 4 rings (SSSR count). The minimum absolute atomic E-state index is 0.0316. The molecule has 2 aromatic rings. The topological polar surface area (TPSA) is 71.7 Å². The monoisotopic (exact) mass is 429 g/mol. The van der Waals surface area contributed by atoms with Crippen molar-refractivity contribution in [3.63, 3.8) is 0 Å². The highest BCUT2D eigenvalue weighted by Gasteiger charge is 2.36. The second kappa shape index (κ2) is 9.51. The zero-order valence-electron chi connectivity index (χ0n) is 17.3. The molecule has 3 heterocycles. The average Bonchev–Trinajstić information content (AvgIpc) is 3.35. The van der Waals surface area contributed by atoms with Crippen LogP contribution in [0.25, 0.3) is 0 Å². The first-order chi connectivity index (χ1) is 14.6. The number of guanidine groups is 1. The van der Waals surface area contributed by atoms with Crippen LogP contribution in [0.1, 0.15) is 51.0 Å². The van der Waals surface area contributed by atoms with Crippen molar-refractivity contribution in [3.8, 4) is 5.75 Å². The zero-order chi connectivity index (χ0) is 20.9. The van der Waals surface area contributed by atoms with Crippen molar-refractivity contribution in [2.45, 2.75) is 64.6 Å². The minimum atomic E-state index is -0.238. The molecule has 0 aliphatic carbocycles. The second-order valence-electron chi connectivity index (χ2n) is 7.87. The van der Waals surface area contributed by atoms with Gasteiger partial charge < -0.3 is 14.2 Å². The van der Waals surface area contributed by atoms with Crippen molar-refractivity contribution >= 4 is 29.2 Å². The smallest absolute Gasteiger partial charge is 0.249 e. The fourth-order valence-electron chi connectivity index (χ4n) is 3.86. The van der Waals surface area contributed by atoms with E-state index < -0.39 is 0 Å². The maximum Gasteiger partial charge on any atom is 0.249 e. The van der Waals surface area contributed by atoms with Crippen LogP contribution in [0.3, 0.4) is 0 Å². The number of hydrogen-bond donors (Lipinski definition) is 1. The van der Waals surface area contributed by atoms with Gasteiger partial charge in [0.1, 0.15) is 11.8 Å². The number of nitrogens with zero attached hydrogens (tertiary/aromatic N) is 4. The molecule has 1 saturated heterocycles. The molecule has 8 heteroatoms. The van der Waals surface area contributed by atoms with Crippen molar-refractivity contribution in [2.24, 2.45) is 4.99 Å². The number of hydrogen-bond acceptors (Lipinski definition) is 5. The summed E-state index contributed by atoms with van der Waals surface area (Å²) in [6.45, 7) is 4.13. The Balaban J connectivity index is 1.18. The van der Waals surface area contributed by atoms with Gasteiger partial charge in [-0.05, 0) is 31.9 Å². The zero-order valence-corrected chi connectivity index (χ0v) is 18.1. The highest BCUT2D eigenvalue weighted by molar-refractivity contribution is 6.33. The first-order valence-electron chi connectivity index (χ1n) is 10.7. The van der Waals surface area contributed by atoms with Gasteiger partial charge in [-0.25, -0.2) is 9.98 Å². The fraction of sp³-hybridized carbons (Fsp3) is 0.500. The van der Waals surface area contributed by atoms with Crippen LogP contribution >= 0.6 is 11.6 Å². The van der Waals surface area contributed by atoms with E-state index in [2.05, 4.69) is 19.9 Å². The van der Waals surface area contributed by atoms with E-state index in [-0.39, 0.29) is 11.9 Å². The molecule has 2 aliphatic rings. The van der Waals surface area contributed by atoms with E-state index in [1.807, 2.05) is 42.7 Å². The Morgan fingerprint density at radius 1 is 1.20 bits per heavy atom. The third kappa shape index (κ3) is 4.61. The molecule has 0 spiro atoms. The maximum atomic E-state index is 11.9. The van der Waals surface area contributed by atoms with Crippen molar-refractivity contribution in [1.29, 1.82) is 0 Å². The first-order valence-corrected chi connectivity index (χ1v) is 11.1. The Morgan fingerprint density at radius 2 is 2.00 bits per heavy atom. The van der Waals surface area contributed by atoms with E-state index in [9.17, 15) is 4.79 Å². The molecule has 7 nitrogen and oxygen atoms in total. The SMILES string of the molecule is CC1C(=O)NC2=Nc3ccc(OCCCCCCCCn4ccnc4)c(Cl)c3CN21. The summed E-state index contributed by atoms with van der Waals surface area (Å²) in [6, 6.07) is 3.55. The number of fused-ring (bicyclic) bond motifs is 2. The molecule has 1 atom stereocenters. The molecule has 1 aromatic carbocycles. The average molecular weight is 430 g/mol. The summed E-state index contributed by atoms with van der Waals surface area (Å²) >= 11 is 6.61. The van der Waals surface area contributed by atoms with Gasteiger partial charge in [0.05, 0.1) is 30.2 Å². The van der Waals surface area contributed by atoms with Gasteiger partial charge in [0.15, 0.2) is 0 Å². The molecule has 1 aromatic heterocycles. The van der Waals surface area contributed by atoms with E-state index in [1.54, 1.807) is 0 Å². The van der Waals surface area contributed by atoms with E-state index in [1.165, 1.54) is 25.7 Å². The van der Waals surface area contributed by atoms with Gasteiger partial charge in [-0.3, -0.25) is 10.1 Å². The number of imidazole rings is 1. The molecule has 160 valence electrons. The first kappa shape index (κ1) is 20.7. The van der Waals surface area contributed by atoms with Gasteiger partial charge in [-0.2, -0.15) is 0 Å². The summed E-state index contributed by atoms with van der Waals surface area (Å²) in [5.41, 5.74) is 1.71. The van der Waals surface area contributed by atoms with Crippen LogP contribution in [0.5, 0.6) is 5.75 Å². The standard InChI is InChI=1S/C22H28ClN5O2/c1-16-21(29)26-22-25-18-8-9-19(20(23)17(18)14-28(16)22)30-13-7-5-3-2-4-6-11-27-12-10-24-15-27/h8-10,12,15-16H,2-7,11,13-14H2,1H3,(H,25,26,29). The molecule has 1 unspecified atom stereocenters. The molecule has 1 N–H and O–H groups in total. The molecular weight excluding hydrogens is 402 g/mol. The number of carbonyl (C=O) groups is 1. The predicted octanol–water partition coefficient (Wildman–Crippen LogP) is 4.28. The highest BCUT2D eigenvalue weighted by atomic mass is 35.5. The van der Waals surface area contributed by atoms with Crippen LogP contribution in [0, 0.1) is 0 Å². The van der Waals surface area contributed by atoms with Crippen LogP contribution in [0.4, 0.5) is 5.69 Å². The molecule has 1 fully saturated rings. The van der Waals surface area contributed by atoms with Gasteiger partial charge in [0, 0.05) is 24.5 Å². The predicted molar refractivity (Wildman–Crippen MR) is 117 cm³/mol. The van der Waals surface area contributed by atoms with Crippen molar-refractivity contribution in [3.05, 3.63) is 41.4 Å². The maximum absolute atomic E-state index is 11.9. The lowest BCUT2D eigenvalue weighted by atomic mass is 10.1. The number of benzene rings is 1. The number of ether oxygens (including phenoxy) is 1. The lowest BCUT2D eigenvalue weighted by molar-refractivity contribution is -0.121. The largest absolute Gasteiger partial charge is 0.492 e. The van der Waals surface area contributed by atoms with Crippen molar-refractivity contribution < 1.29 is 9.53 Å². The van der Waals surface area contributed by atoms with E-state index in [4.69, 9.17) is 16.3 Å². The van der Waals surface area contributed by atoms with Gasteiger partial charge in [-0.1, -0.05) is 37.3 Å². The number of rotatable bonds is 10. The Labute approximate surface area is 182 Å². The van der Waals surface area contributed by atoms with Crippen LogP contribution in [-0.2, 0) is 17.9 Å². The Morgan fingerprint density at radius 3 is 2.80 bits per heavy atom. The number of aromatic nitrogens is 2. The fourth-order valence-corrected chi connectivity index (χ4v) is 4.13. The number of aryl methyl sites for hydroxylation is 1. The van der Waals surface area contributed by atoms with Crippen LogP contribution in [0.2, 0.25) is 5.02 Å². The number of aliphatic imine (C=N–C) groups is 1. The van der Waals surface area contributed by atoms with E-state index in [0.717, 1.165) is 30.6 Å². The van der Waals surface area contributed by atoms with Crippen molar-refractivity contribution in [1.82, 2.24) is 19.8 Å². The van der Waals surface area contributed by atoms with Gasteiger partial charge in [-0.15, -0.1) is 0 Å². The second-order valence-corrected chi connectivity index (χ2v) is 8.25. The highest BCUT2D eigenvalue weighted by Crippen LogP contribution is 2.39. The Hall–Kier alpha value is -2.54. The van der Waals surface area contributed by atoms with E-state index >= 15 is 0 Å². The summed E-state index contributed by atoms with van der Waals surface area (Å²) in [7, 11) is 0. The molecular formula is C22H28ClN5O2. The summed E-state index contributed by atoms with van der Waals surface area (Å²) in [6.07, 6.45) is 12.8. The summed E-state index contributed by atoms with van der Waals surface area (Å²) in [5.74, 6) is 1.27. The van der Waals surface area contributed by atoms with E-state index in [0.29, 0.717) is 29.9 Å². The lowest BCUT2D eigenvalue weighted by Gasteiger charge is -2.27. The van der Waals surface area contributed by atoms with Crippen molar-refractivity contribution in [2.75, 3.05) is 6.61 Å². The van der Waals surface area contributed by atoms with Gasteiger partial charge >= 0.3 is 0 Å². The Kier molecular flexibility index (Phi) is 6.57. The van der Waals surface area contributed by atoms with Crippen LogP contribution < -0.4 is 10.1 Å². The van der Waals surface area contributed by atoms with Gasteiger partial charge in [0.2, 0.25) is 11.9 Å². The van der Waals surface area contributed by atoms with Crippen LogP contribution in [-0.4, -0.2) is 39.0 Å². The summed E-state index contributed by atoms with van der Waals surface area (Å²) in [4.78, 5) is 22.4. The van der Waals surface area contributed by atoms with Crippen LogP contribution in [0.15, 0.2) is 35.8 Å². The Bertz CT molecular complexity index is 913. The number of halogens is 1. The number of unbranched alkanes of at least 4 members (excludes halogenated alkanes) is 5. The molecule has 2 aliphatic heterocycles. The molecule has 0 saturated carbocycles. The van der Waals surface area contributed by atoms with Gasteiger partial charge in [0.25, 0.3) is 0 Å². The molecule has 1 amide bonds. The normalized spacial score (nSPS) is 17.4. The molecule has 0 radical (unpaired) electrons. The summed E-state index contributed by atoms with van der Waals surface area (Å²) in [5, 5.41) is 3.41. The number of carbonyl (C=O) groups excluding carboxylic acids is 1.